The summed E-state index contributed by atoms with van der Waals surface area (Å²) in [6.45, 7) is 6.23. The molecule has 1 heterocycles. The first-order chi connectivity index (χ1) is 6.65. The Morgan fingerprint density at radius 1 is 1.36 bits per heavy atom. The topological polar surface area (TPSA) is 38.9 Å². The van der Waals surface area contributed by atoms with Gasteiger partial charge in [0.1, 0.15) is 0 Å². The third-order valence-electron chi connectivity index (χ3n) is 2.53. The Morgan fingerprint density at radius 3 is 2.64 bits per heavy atom. The molecule has 0 spiro atoms. The Hall–Kier alpha value is -0.890. The average molecular weight is 192 g/mol. The van der Waals surface area contributed by atoms with Crippen molar-refractivity contribution < 1.29 is 0 Å². The molecule has 0 aliphatic rings. The van der Waals surface area contributed by atoms with E-state index in [-0.39, 0.29) is 6.04 Å². The summed E-state index contributed by atoms with van der Waals surface area (Å²) in [6, 6.07) is 4.30. The second-order valence-electron chi connectivity index (χ2n) is 3.88. The summed E-state index contributed by atoms with van der Waals surface area (Å²) in [7, 11) is 0. The number of aryl methyl sites for hydroxylation is 2. The zero-order valence-electron chi connectivity index (χ0n) is 9.38. The molecule has 0 bridgehead atoms. The number of rotatable bonds is 4. The first-order valence-electron chi connectivity index (χ1n) is 5.35. The van der Waals surface area contributed by atoms with Crippen molar-refractivity contribution in [3.63, 3.8) is 0 Å². The summed E-state index contributed by atoms with van der Waals surface area (Å²) in [5.41, 5.74) is 9.43. The summed E-state index contributed by atoms with van der Waals surface area (Å²) >= 11 is 0. The van der Waals surface area contributed by atoms with Crippen LogP contribution in [0.15, 0.2) is 12.1 Å². The molecule has 0 saturated carbocycles. The lowest BCUT2D eigenvalue weighted by atomic mass is 10.0. The van der Waals surface area contributed by atoms with Crippen molar-refractivity contribution in [2.24, 2.45) is 5.73 Å². The molecule has 1 unspecified atom stereocenters. The SMILES string of the molecule is CCCCC(N)c1ccc(C)nc1C. The molecule has 2 nitrogen and oxygen atoms in total. The van der Waals surface area contributed by atoms with Gasteiger partial charge in [-0.25, -0.2) is 0 Å². The quantitative estimate of drug-likeness (QED) is 0.796. The molecule has 0 radical (unpaired) electrons. The number of aromatic nitrogens is 1. The van der Waals surface area contributed by atoms with Gasteiger partial charge < -0.3 is 5.73 Å². The van der Waals surface area contributed by atoms with E-state index in [1.807, 2.05) is 19.9 Å². The van der Waals surface area contributed by atoms with Crippen LogP contribution >= 0.6 is 0 Å². The van der Waals surface area contributed by atoms with Crippen molar-refractivity contribution >= 4 is 0 Å². The maximum absolute atomic E-state index is 6.09. The fourth-order valence-electron chi connectivity index (χ4n) is 1.67. The van der Waals surface area contributed by atoms with E-state index in [0.717, 1.165) is 17.8 Å². The number of nitrogens with two attached hydrogens (primary N) is 1. The molecule has 1 rings (SSSR count). The molecule has 2 N–H and O–H groups in total. The number of hydrogen-bond donors (Lipinski definition) is 1. The first kappa shape index (κ1) is 11.2. The Kier molecular flexibility index (Phi) is 4.08. The van der Waals surface area contributed by atoms with Crippen LogP contribution in [0.1, 0.15) is 49.2 Å². The van der Waals surface area contributed by atoms with Gasteiger partial charge in [0.25, 0.3) is 0 Å². The smallest absolute Gasteiger partial charge is 0.0423 e. The Balaban J connectivity index is 2.74. The van der Waals surface area contributed by atoms with E-state index >= 15 is 0 Å². The Bertz CT molecular complexity index is 294. The standard InChI is InChI=1S/C12H20N2/c1-4-5-6-12(13)11-8-7-9(2)14-10(11)3/h7-8,12H,4-6,13H2,1-3H3. The van der Waals surface area contributed by atoms with Crippen molar-refractivity contribution in [3.8, 4) is 0 Å². The zero-order valence-corrected chi connectivity index (χ0v) is 9.38. The first-order valence-corrected chi connectivity index (χ1v) is 5.35. The van der Waals surface area contributed by atoms with Crippen LogP contribution in [-0.2, 0) is 0 Å². The van der Waals surface area contributed by atoms with E-state index in [4.69, 9.17) is 5.73 Å². The van der Waals surface area contributed by atoms with Gasteiger partial charge in [0, 0.05) is 17.4 Å². The summed E-state index contributed by atoms with van der Waals surface area (Å²) in [6.07, 6.45) is 3.45. The summed E-state index contributed by atoms with van der Waals surface area (Å²) in [4.78, 5) is 4.42. The van der Waals surface area contributed by atoms with Crippen LogP contribution in [0.4, 0.5) is 0 Å². The van der Waals surface area contributed by atoms with Crippen molar-refractivity contribution in [1.29, 1.82) is 0 Å². The second kappa shape index (κ2) is 5.11. The molecule has 0 aliphatic carbocycles. The minimum atomic E-state index is 0.156. The van der Waals surface area contributed by atoms with Gasteiger partial charge in [0.15, 0.2) is 0 Å². The van der Waals surface area contributed by atoms with E-state index in [1.54, 1.807) is 0 Å². The molecule has 78 valence electrons. The maximum atomic E-state index is 6.09. The largest absolute Gasteiger partial charge is 0.324 e. The molecule has 1 atom stereocenters. The third-order valence-corrected chi connectivity index (χ3v) is 2.53. The van der Waals surface area contributed by atoms with Gasteiger partial charge in [-0.15, -0.1) is 0 Å². The molecule has 1 aromatic rings. The molecular weight excluding hydrogens is 172 g/mol. The van der Waals surface area contributed by atoms with Gasteiger partial charge >= 0.3 is 0 Å². The third kappa shape index (κ3) is 2.81. The highest BCUT2D eigenvalue weighted by molar-refractivity contribution is 5.24. The van der Waals surface area contributed by atoms with Crippen LogP contribution in [-0.4, -0.2) is 4.98 Å². The highest BCUT2D eigenvalue weighted by Gasteiger charge is 2.08. The molecular formula is C12H20N2. The molecule has 0 aromatic carbocycles. The van der Waals surface area contributed by atoms with Crippen LogP contribution in [0.2, 0.25) is 0 Å². The van der Waals surface area contributed by atoms with Gasteiger partial charge in [-0.1, -0.05) is 25.8 Å². The second-order valence-corrected chi connectivity index (χ2v) is 3.88. The highest BCUT2D eigenvalue weighted by atomic mass is 14.7. The van der Waals surface area contributed by atoms with Crippen LogP contribution < -0.4 is 5.73 Å². The minimum Gasteiger partial charge on any atom is -0.324 e. The fraction of sp³-hybridized carbons (Fsp3) is 0.583. The summed E-state index contributed by atoms with van der Waals surface area (Å²) in [5, 5.41) is 0. The molecule has 0 fully saturated rings. The van der Waals surface area contributed by atoms with Gasteiger partial charge in [-0.05, 0) is 31.9 Å². The van der Waals surface area contributed by atoms with E-state index in [9.17, 15) is 0 Å². The number of nitrogens with zero attached hydrogens (tertiary/aromatic N) is 1. The minimum absolute atomic E-state index is 0.156. The van der Waals surface area contributed by atoms with Crippen molar-refractivity contribution in [2.45, 2.75) is 46.1 Å². The summed E-state index contributed by atoms with van der Waals surface area (Å²) in [5.74, 6) is 0. The van der Waals surface area contributed by atoms with E-state index in [1.165, 1.54) is 18.4 Å². The zero-order chi connectivity index (χ0) is 10.6. The number of pyridine rings is 1. The monoisotopic (exact) mass is 192 g/mol. The van der Waals surface area contributed by atoms with Crippen molar-refractivity contribution in [2.75, 3.05) is 0 Å². The number of unbranched alkanes of at least 4 members (excludes halogenated alkanes) is 1. The average Bonchev–Trinajstić information content (AvgIpc) is 2.14. The maximum Gasteiger partial charge on any atom is 0.0423 e. The molecule has 14 heavy (non-hydrogen) atoms. The van der Waals surface area contributed by atoms with Crippen LogP contribution in [0.5, 0.6) is 0 Å². The Morgan fingerprint density at radius 2 is 2.07 bits per heavy atom. The Labute approximate surface area is 86.5 Å². The predicted octanol–water partition coefficient (Wildman–Crippen LogP) is 2.89. The number of hydrogen-bond acceptors (Lipinski definition) is 2. The van der Waals surface area contributed by atoms with E-state index < -0.39 is 0 Å². The lowest BCUT2D eigenvalue weighted by molar-refractivity contribution is 0.598. The van der Waals surface area contributed by atoms with Crippen molar-refractivity contribution in [1.82, 2.24) is 4.98 Å². The normalized spacial score (nSPS) is 12.9. The van der Waals surface area contributed by atoms with Gasteiger partial charge in [-0.2, -0.15) is 0 Å². The lowest BCUT2D eigenvalue weighted by Gasteiger charge is -2.13. The van der Waals surface area contributed by atoms with Gasteiger partial charge in [-0.3, -0.25) is 4.98 Å². The predicted molar refractivity (Wildman–Crippen MR) is 60.2 cm³/mol. The van der Waals surface area contributed by atoms with E-state index in [2.05, 4.69) is 18.0 Å². The lowest BCUT2D eigenvalue weighted by Crippen LogP contribution is -2.12. The molecule has 2 heteroatoms. The van der Waals surface area contributed by atoms with Crippen LogP contribution in [0.3, 0.4) is 0 Å². The van der Waals surface area contributed by atoms with Gasteiger partial charge in [0.05, 0.1) is 0 Å². The molecule has 0 saturated heterocycles. The van der Waals surface area contributed by atoms with Gasteiger partial charge in [0.2, 0.25) is 0 Å². The van der Waals surface area contributed by atoms with Crippen LogP contribution in [0.25, 0.3) is 0 Å². The highest BCUT2D eigenvalue weighted by Crippen LogP contribution is 2.19. The molecule has 1 aromatic heterocycles. The van der Waals surface area contributed by atoms with Crippen LogP contribution in [0, 0.1) is 13.8 Å². The fourth-order valence-corrected chi connectivity index (χ4v) is 1.67. The molecule has 0 aliphatic heterocycles. The van der Waals surface area contributed by atoms with E-state index in [0.29, 0.717) is 0 Å². The van der Waals surface area contributed by atoms with Crippen molar-refractivity contribution in [3.05, 3.63) is 29.1 Å². The summed E-state index contributed by atoms with van der Waals surface area (Å²) < 4.78 is 0. The molecule has 0 amide bonds.